The van der Waals surface area contributed by atoms with E-state index in [1.807, 2.05) is 0 Å². The van der Waals surface area contributed by atoms with E-state index in [4.69, 9.17) is 23.8 Å². The lowest BCUT2D eigenvalue weighted by Gasteiger charge is -2.08. The molecular formula is C18H15ClN2O3S. The van der Waals surface area contributed by atoms with Crippen molar-refractivity contribution in [1.29, 1.82) is 0 Å². The number of hydrogen-bond donors (Lipinski definition) is 2. The highest BCUT2D eigenvalue weighted by atomic mass is 35.5. The Morgan fingerprint density at radius 2 is 1.72 bits per heavy atom. The molecule has 0 bridgehead atoms. The topological polar surface area (TPSA) is 67.4 Å². The van der Waals surface area contributed by atoms with Crippen LogP contribution in [0.1, 0.15) is 15.9 Å². The van der Waals surface area contributed by atoms with Crippen LogP contribution in [0.5, 0.6) is 0 Å². The average Bonchev–Trinajstić information content (AvgIpc) is 2.61. The Morgan fingerprint density at radius 1 is 1.08 bits per heavy atom. The van der Waals surface area contributed by atoms with Gasteiger partial charge in [0.1, 0.15) is 0 Å². The van der Waals surface area contributed by atoms with Gasteiger partial charge < -0.3 is 10.1 Å². The van der Waals surface area contributed by atoms with Crippen LogP contribution in [-0.4, -0.2) is 24.1 Å². The molecule has 0 fully saturated rings. The molecule has 7 heteroatoms. The third-order valence-corrected chi connectivity index (χ3v) is 3.55. The lowest BCUT2D eigenvalue weighted by atomic mass is 10.2. The summed E-state index contributed by atoms with van der Waals surface area (Å²) in [4.78, 5) is 23.2. The molecule has 0 aromatic heterocycles. The van der Waals surface area contributed by atoms with Crippen LogP contribution in [0.25, 0.3) is 6.08 Å². The van der Waals surface area contributed by atoms with E-state index in [9.17, 15) is 9.59 Å². The SMILES string of the molecule is COC(=O)c1ccc(NC(=S)NC(=O)C=Cc2ccc(Cl)cc2)cc1. The number of esters is 1. The van der Waals surface area contributed by atoms with E-state index in [-0.39, 0.29) is 11.0 Å². The lowest BCUT2D eigenvalue weighted by molar-refractivity contribution is -0.115. The van der Waals surface area contributed by atoms with Crippen LogP contribution in [0.3, 0.4) is 0 Å². The zero-order valence-electron chi connectivity index (χ0n) is 13.3. The summed E-state index contributed by atoms with van der Waals surface area (Å²) in [6.45, 7) is 0. The smallest absolute Gasteiger partial charge is 0.337 e. The molecule has 0 saturated heterocycles. The Labute approximate surface area is 155 Å². The van der Waals surface area contributed by atoms with Gasteiger partial charge >= 0.3 is 5.97 Å². The predicted octanol–water partition coefficient (Wildman–Crippen LogP) is 3.65. The molecule has 0 spiro atoms. The van der Waals surface area contributed by atoms with Crippen LogP contribution in [0.2, 0.25) is 5.02 Å². The van der Waals surface area contributed by atoms with Crippen LogP contribution in [0.15, 0.2) is 54.6 Å². The summed E-state index contributed by atoms with van der Waals surface area (Å²) in [6.07, 6.45) is 3.02. The van der Waals surface area contributed by atoms with E-state index in [1.165, 1.54) is 13.2 Å². The summed E-state index contributed by atoms with van der Waals surface area (Å²) in [5.74, 6) is -0.784. The van der Waals surface area contributed by atoms with Gasteiger partial charge in [0, 0.05) is 16.8 Å². The fourth-order valence-electron chi connectivity index (χ4n) is 1.87. The maximum atomic E-state index is 11.9. The number of rotatable bonds is 4. The van der Waals surface area contributed by atoms with E-state index in [0.29, 0.717) is 16.3 Å². The summed E-state index contributed by atoms with van der Waals surface area (Å²) in [7, 11) is 1.32. The summed E-state index contributed by atoms with van der Waals surface area (Å²) in [6, 6.07) is 13.6. The van der Waals surface area contributed by atoms with Crippen LogP contribution >= 0.6 is 23.8 Å². The summed E-state index contributed by atoms with van der Waals surface area (Å²) < 4.78 is 4.62. The molecule has 0 atom stereocenters. The molecule has 0 radical (unpaired) electrons. The van der Waals surface area contributed by atoms with Gasteiger partial charge in [0.25, 0.3) is 0 Å². The molecule has 2 aromatic rings. The largest absolute Gasteiger partial charge is 0.465 e. The second-order valence-electron chi connectivity index (χ2n) is 4.90. The Bertz CT molecular complexity index is 802. The first-order valence-electron chi connectivity index (χ1n) is 7.22. The Hall–Kier alpha value is -2.70. The molecule has 0 unspecified atom stereocenters. The van der Waals surface area contributed by atoms with Crippen LogP contribution in [0.4, 0.5) is 5.69 Å². The number of amides is 1. The van der Waals surface area contributed by atoms with Crippen LogP contribution in [0, 0.1) is 0 Å². The molecule has 1 amide bonds. The van der Waals surface area contributed by atoms with E-state index in [1.54, 1.807) is 54.6 Å². The van der Waals surface area contributed by atoms with Crippen molar-refractivity contribution >= 4 is 52.6 Å². The fourth-order valence-corrected chi connectivity index (χ4v) is 2.21. The third kappa shape index (κ3) is 6.02. The zero-order chi connectivity index (χ0) is 18.2. The Kier molecular flexibility index (Phi) is 6.68. The van der Waals surface area contributed by atoms with Gasteiger partial charge in [0.05, 0.1) is 12.7 Å². The second kappa shape index (κ2) is 8.96. The molecule has 0 saturated carbocycles. The fraction of sp³-hybridized carbons (Fsp3) is 0.0556. The van der Waals surface area contributed by atoms with E-state index in [2.05, 4.69) is 15.4 Å². The van der Waals surface area contributed by atoms with Crippen molar-refractivity contribution in [2.24, 2.45) is 0 Å². The number of ether oxygens (including phenoxy) is 1. The molecule has 5 nitrogen and oxygen atoms in total. The van der Waals surface area contributed by atoms with Crippen molar-refractivity contribution in [2.75, 3.05) is 12.4 Å². The number of hydrogen-bond acceptors (Lipinski definition) is 4. The Balaban J connectivity index is 1.87. The van der Waals surface area contributed by atoms with Crippen molar-refractivity contribution in [1.82, 2.24) is 5.32 Å². The number of carbonyl (C=O) groups excluding carboxylic acids is 2. The minimum absolute atomic E-state index is 0.150. The van der Waals surface area contributed by atoms with Crippen molar-refractivity contribution in [3.8, 4) is 0 Å². The molecule has 0 aliphatic heterocycles. The standard InChI is InChI=1S/C18H15ClN2O3S/c1-24-17(23)13-5-9-15(10-6-13)20-18(25)21-16(22)11-4-12-2-7-14(19)8-3-12/h2-11H,1H3,(H2,20,21,22,25). The highest BCUT2D eigenvalue weighted by Crippen LogP contribution is 2.11. The zero-order valence-corrected chi connectivity index (χ0v) is 14.9. The van der Waals surface area contributed by atoms with E-state index >= 15 is 0 Å². The molecule has 2 rings (SSSR count). The van der Waals surface area contributed by atoms with Gasteiger partial charge in [-0.2, -0.15) is 0 Å². The normalized spacial score (nSPS) is 10.3. The minimum atomic E-state index is -0.422. The lowest BCUT2D eigenvalue weighted by Crippen LogP contribution is -2.32. The van der Waals surface area contributed by atoms with Gasteiger partial charge in [-0.05, 0) is 60.3 Å². The van der Waals surface area contributed by atoms with Crippen molar-refractivity contribution < 1.29 is 14.3 Å². The van der Waals surface area contributed by atoms with Gasteiger partial charge in [0.15, 0.2) is 5.11 Å². The number of thiocarbonyl (C=S) groups is 1. The number of methoxy groups -OCH3 is 1. The number of benzene rings is 2. The van der Waals surface area contributed by atoms with Crippen molar-refractivity contribution in [2.45, 2.75) is 0 Å². The summed E-state index contributed by atoms with van der Waals surface area (Å²) in [5.41, 5.74) is 1.91. The average molecular weight is 375 g/mol. The molecule has 0 aliphatic rings. The molecule has 128 valence electrons. The van der Waals surface area contributed by atoms with Crippen molar-refractivity contribution in [3.05, 3.63) is 70.8 Å². The molecular weight excluding hydrogens is 360 g/mol. The van der Waals surface area contributed by atoms with Gasteiger partial charge in [-0.15, -0.1) is 0 Å². The van der Waals surface area contributed by atoms with Gasteiger partial charge in [0.2, 0.25) is 5.91 Å². The van der Waals surface area contributed by atoms with E-state index < -0.39 is 5.97 Å². The van der Waals surface area contributed by atoms with Crippen LogP contribution in [-0.2, 0) is 9.53 Å². The van der Waals surface area contributed by atoms with Crippen LogP contribution < -0.4 is 10.6 Å². The van der Waals surface area contributed by atoms with E-state index in [0.717, 1.165) is 5.56 Å². The predicted molar refractivity (Wildman–Crippen MR) is 103 cm³/mol. The second-order valence-corrected chi connectivity index (χ2v) is 5.74. The maximum Gasteiger partial charge on any atom is 0.337 e. The highest BCUT2D eigenvalue weighted by molar-refractivity contribution is 7.80. The highest BCUT2D eigenvalue weighted by Gasteiger charge is 2.06. The molecule has 0 heterocycles. The molecule has 25 heavy (non-hydrogen) atoms. The molecule has 2 aromatic carbocycles. The summed E-state index contributed by atoms with van der Waals surface area (Å²) in [5, 5.41) is 6.17. The third-order valence-electron chi connectivity index (χ3n) is 3.10. The van der Waals surface area contributed by atoms with Crippen molar-refractivity contribution in [3.63, 3.8) is 0 Å². The monoisotopic (exact) mass is 374 g/mol. The summed E-state index contributed by atoms with van der Waals surface area (Å²) >= 11 is 10.9. The first kappa shape index (κ1) is 18.6. The molecule has 2 N–H and O–H groups in total. The number of nitrogens with one attached hydrogen (secondary N) is 2. The first-order chi connectivity index (χ1) is 12.0. The molecule has 0 aliphatic carbocycles. The Morgan fingerprint density at radius 3 is 2.32 bits per heavy atom. The number of carbonyl (C=O) groups is 2. The van der Waals surface area contributed by atoms with Gasteiger partial charge in [-0.1, -0.05) is 23.7 Å². The minimum Gasteiger partial charge on any atom is -0.465 e. The van der Waals surface area contributed by atoms with Gasteiger partial charge in [-0.3, -0.25) is 10.1 Å². The number of halogens is 1. The quantitative estimate of drug-likeness (QED) is 0.485. The van der Waals surface area contributed by atoms with Gasteiger partial charge in [-0.25, -0.2) is 4.79 Å². The number of anilines is 1. The maximum absolute atomic E-state index is 11.9. The first-order valence-corrected chi connectivity index (χ1v) is 8.00.